The van der Waals surface area contributed by atoms with Crippen molar-refractivity contribution in [2.45, 2.75) is 12.8 Å². The average Bonchev–Trinajstić information content (AvgIpc) is 2.58. The summed E-state index contributed by atoms with van der Waals surface area (Å²) in [5.41, 5.74) is 1.13. The number of amides is 1. The van der Waals surface area contributed by atoms with Gasteiger partial charge in [-0.3, -0.25) is 9.78 Å². The van der Waals surface area contributed by atoms with E-state index in [0.29, 0.717) is 13.2 Å². The van der Waals surface area contributed by atoms with Gasteiger partial charge < -0.3 is 10.1 Å². The molecule has 1 N–H and O–H groups in total. The van der Waals surface area contributed by atoms with Crippen LogP contribution in [0.3, 0.4) is 0 Å². The lowest BCUT2D eigenvalue weighted by atomic mass is 10.0. The first-order valence-corrected chi connectivity index (χ1v) is 4.58. The van der Waals surface area contributed by atoms with Gasteiger partial charge in [0.05, 0.1) is 12.8 Å². The summed E-state index contributed by atoms with van der Waals surface area (Å²) in [5, 5.41) is 2.79. The predicted molar refractivity (Wildman–Crippen MR) is 51.2 cm³/mol. The van der Waals surface area contributed by atoms with Crippen molar-refractivity contribution >= 4 is 5.91 Å². The monoisotopic (exact) mass is 192 g/mol. The van der Waals surface area contributed by atoms with Crippen molar-refractivity contribution in [3.63, 3.8) is 0 Å². The van der Waals surface area contributed by atoms with Crippen LogP contribution in [0.4, 0.5) is 0 Å². The maximum atomic E-state index is 10.7. The average molecular weight is 192 g/mol. The molecule has 1 aliphatic heterocycles. The molecule has 1 aromatic heterocycles. The number of carbonyl (C=O) groups is 1. The molecule has 2 heterocycles. The summed E-state index contributed by atoms with van der Waals surface area (Å²) in [7, 11) is 0. The van der Waals surface area contributed by atoms with Gasteiger partial charge in [0.25, 0.3) is 0 Å². The number of nitrogens with zero attached hydrogens (tertiary/aromatic N) is 1. The fraction of sp³-hybridized carbons (Fsp3) is 0.400. The minimum absolute atomic E-state index is 0.00694. The zero-order valence-corrected chi connectivity index (χ0v) is 7.99. The molecule has 0 saturated heterocycles. The predicted octanol–water partition coefficient (Wildman–Crippen LogP) is 0.694. The number of carbonyl (C=O) groups excluding carboxylic acids is 1. The molecule has 0 radical (unpaired) electrons. The first-order chi connectivity index (χ1) is 6.77. The summed E-state index contributed by atoms with van der Waals surface area (Å²) in [6.45, 7) is 2.77. The first-order valence-electron chi connectivity index (χ1n) is 4.58. The van der Waals surface area contributed by atoms with Gasteiger partial charge in [-0.05, 0) is 6.07 Å². The third-order valence-electron chi connectivity index (χ3n) is 2.29. The lowest BCUT2D eigenvalue weighted by Crippen LogP contribution is -2.26. The second kappa shape index (κ2) is 3.65. The Morgan fingerprint density at radius 3 is 3.43 bits per heavy atom. The molecule has 74 valence electrons. The summed E-state index contributed by atoms with van der Waals surface area (Å²) in [5.74, 6) is 1.09. The number of rotatable bonds is 2. The van der Waals surface area contributed by atoms with Gasteiger partial charge >= 0.3 is 0 Å². The van der Waals surface area contributed by atoms with Crippen molar-refractivity contribution in [3.8, 4) is 5.75 Å². The first kappa shape index (κ1) is 8.99. The maximum absolute atomic E-state index is 10.7. The van der Waals surface area contributed by atoms with Crippen LogP contribution in [0, 0.1) is 0 Å². The fourth-order valence-electron chi connectivity index (χ4n) is 1.56. The molecule has 0 aliphatic carbocycles. The van der Waals surface area contributed by atoms with Gasteiger partial charge in [0.1, 0.15) is 5.75 Å². The molecular weight excluding hydrogens is 180 g/mol. The molecular formula is C10H12N2O2. The van der Waals surface area contributed by atoms with E-state index in [1.165, 1.54) is 6.92 Å². The smallest absolute Gasteiger partial charge is 0.216 e. The van der Waals surface area contributed by atoms with E-state index in [1.54, 1.807) is 12.4 Å². The van der Waals surface area contributed by atoms with Crippen LogP contribution >= 0.6 is 0 Å². The SMILES string of the molecule is CC(=O)NC[C@H]1COc2cnccc21. The molecule has 1 aromatic rings. The van der Waals surface area contributed by atoms with Crippen molar-refractivity contribution < 1.29 is 9.53 Å². The summed E-state index contributed by atoms with van der Waals surface area (Å²) in [6.07, 6.45) is 3.46. The zero-order chi connectivity index (χ0) is 9.97. The van der Waals surface area contributed by atoms with E-state index in [0.717, 1.165) is 11.3 Å². The maximum Gasteiger partial charge on any atom is 0.216 e. The summed E-state index contributed by atoms with van der Waals surface area (Å²) < 4.78 is 5.43. The van der Waals surface area contributed by atoms with Gasteiger partial charge in [-0.15, -0.1) is 0 Å². The molecule has 4 heteroatoms. The van der Waals surface area contributed by atoms with Gasteiger partial charge in [0, 0.05) is 31.1 Å². The largest absolute Gasteiger partial charge is 0.491 e. The summed E-state index contributed by atoms with van der Waals surface area (Å²) in [4.78, 5) is 14.7. The van der Waals surface area contributed by atoms with E-state index in [2.05, 4.69) is 10.3 Å². The van der Waals surface area contributed by atoms with E-state index >= 15 is 0 Å². The molecule has 14 heavy (non-hydrogen) atoms. The zero-order valence-electron chi connectivity index (χ0n) is 7.99. The van der Waals surface area contributed by atoms with Crippen molar-refractivity contribution in [2.75, 3.05) is 13.2 Å². The van der Waals surface area contributed by atoms with E-state index in [1.807, 2.05) is 6.07 Å². The van der Waals surface area contributed by atoms with E-state index in [4.69, 9.17) is 4.74 Å². The lowest BCUT2D eigenvalue weighted by molar-refractivity contribution is -0.119. The number of fused-ring (bicyclic) bond motifs is 1. The molecule has 4 nitrogen and oxygen atoms in total. The van der Waals surface area contributed by atoms with Crippen molar-refractivity contribution in [2.24, 2.45) is 0 Å². The Kier molecular flexibility index (Phi) is 2.35. The van der Waals surface area contributed by atoms with Crippen molar-refractivity contribution in [3.05, 3.63) is 24.0 Å². The summed E-state index contributed by atoms with van der Waals surface area (Å²) >= 11 is 0. The van der Waals surface area contributed by atoms with Crippen LogP contribution in [-0.2, 0) is 4.79 Å². The molecule has 1 atom stereocenters. The highest BCUT2D eigenvalue weighted by molar-refractivity contribution is 5.72. The van der Waals surface area contributed by atoms with Crippen LogP contribution in [0.2, 0.25) is 0 Å². The van der Waals surface area contributed by atoms with Crippen LogP contribution < -0.4 is 10.1 Å². The van der Waals surface area contributed by atoms with Gasteiger partial charge in [-0.2, -0.15) is 0 Å². The number of hydrogen-bond acceptors (Lipinski definition) is 3. The third kappa shape index (κ3) is 1.69. The fourth-order valence-corrected chi connectivity index (χ4v) is 1.56. The van der Waals surface area contributed by atoms with Crippen molar-refractivity contribution in [1.29, 1.82) is 0 Å². The minimum Gasteiger partial charge on any atom is -0.491 e. The second-order valence-electron chi connectivity index (χ2n) is 3.36. The van der Waals surface area contributed by atoms with Gasteiger partial charge in [-0.25, -0.2) is 0 Å². The Balaban J connectivity index is 2.07. The van der Waals surface area contributed by atoms with Crippen LogP contribution in [-0.4, -0.2) is 24.0 Å². The number of hydrogen-bond donors (Lipinski definition) is 1. The Bertz CT molecular complexity index is 352. The van der Waals surface area contributed by atoms with Crippen molar-refractivity contribution in [1.82, 2.24) is 10.3 Å². The Morgan fingerprint density at radius 2 is 2.64 bits per heavy atom. The van der Waals surface area contributed by atoms with Gasteiger partial charge in [0.15, 0.2) is 0 Å². The van der Waals surface area contributed by atoms with E-state index in [9.17, 15) is 4.79 Å². The normalized spacial score (nSPS) is 18.5. The number of pyridine rings is 1. The highest BCUT2D eigenvalue weighted by Gasteiger charge is 2.23. The summed E-state index contributed by atoms with van der Waals surface area (Å²) in [6, 6.07) is 1.94. The van der Waals surface area contributed by atoms with Crippen LogP contribution in [0.5, 0.6) is 5.75 Å². The molecule has 1 amide bonds. The van der Waals surface area contributed by atoms with Crippen LogP contribution in [0.15, 0.2) is 18.5 Å². The number of nitrogens with one attached hydrogen (secondary N) is 1. The third-order valence-corrected chi connectivity index (χ3v) is 2.29. The van der Waals surface area contributed by atoms with E-state index in [-0.39, 0.29) is 11.8 Å². The van der Waals surface area contributed by atoms with Gasteiger partial charge in [-0.1, -0.05) is 0 Å². The molecule has 0 bridgehead atoms. The lowest BCUT2D eigenvalue weighted by Gasteiger charge is -2.08. The Labute approximate surface area is 82.3 Å². The highest BCUT2D eigenvalue weighted by Crippen LogP contribution is 2.31. The number of ether oxygens (including phenoxy) is 1. The molecule has 0 fully saturated rings. The molecule has 0 saturated carbocycles. The molecule has 0 unspecified atom stereocenters. The van der Waals surface area contributed by atoms with Crippen LogP contribution in [0.25, 0.3) is 0 Å². The Morgan fingerprint density at radius 1 is 1.79 bits per heavy atom. The Hall–Kier alpha value is -1.58. The molecule has 2 rings (SSSR count). The minimum atomic E-state index is -0.00694. The standard InChI is InChI=1S/C10H12N2O2/c1-7(13)12-4-8-6-14-10-5-11-3-2-9(8)10/h2-3,5,8H,4,6H2,1H3,(H,12,13)/t8-/m0/s1. The quantitative estimate of drug-likeness (QED) is 0.750. The number of aromatic nitrogens is 1. The molecule has 0 spiro atoms. The second-order valence-corrected chi connectivity index (χ2v) is 3.36. The van der Waals surface area contributed by atoms with Crippen LogP contribution in [0.1, 0.15) is 18.4 Å². The molecule has 0 aromatic carbocycles. The van der Waals surface area contributed by atoms with E-state index < -0.39 is 0 Å². The topological polar surface area (TPSA) is 51.2 Å². The highest BCUT2D eigenvalue weighted by atomic mass is 16.5. The van der Waals surface area contributed by atoms with Gasteiger partial charge in [0.2, 0.25) is 5.91 Å². The molecule has 1 aliphatic rings.